The summed E-state index contributed by atoms with van der Waals surface area (Å²) in [5.41, 5.74) is 1.19. The number of hydrogen-bond donors (Lipinski definition) is 0. The van der Waals surface area contributed by atoms with Gasteiger partial charge >= 0.3 is 0 Å². The number of piperidine rings is 1. The van der Waals surface area contributed by atoms with E-state index in [0.29, 0.717) is 6.10 Å². The summed E-state index contributed by atoms with van der Waals surface area (Å²) in [6, 6.07) is 0. The topological polar surface area (TPSA) is 38.2 Å². The Balaban J connectivity index is 1.50. The van der Waals surface area contributed by atoms with Crippen molar-refractivity contribution in [3.63, 3.8) is 0 Å². The minimum absolute atomic E-state index is 0.321. The molecule has 1 fully saturated rings. The molecule has 20 heavy (non-hydrogen) atoms. The van der Waals surface area contributed by atoms with Gasteiger partial charge in [0.05, 0.1) is 10.7 Å². The summed E-state index contributed by atoms with van der Waals surface area (Å²) in [7, 11) is 0. The van der Waals surface area contributed by atoms with Gasteiger partial charge in [-0.2, -0.15) is 0 Å². The van der Waals surface area contributed by atoms with Crippen molar-refractivity contribution >= 4 is 22.7 Å². The molecule has 3 heterocycles. The zero-order chi connectivity index (χ0) is 13.9. The highest BCUT2D eigenvalue weighted by molar-refractivity contribution is 7.11. The molecule has 1 aliphatic rings. The van der Waals surface area contributed by atoms with Crippen LogP contribution in [-0.2, 0) is 6.54 Å². The van der Waals surface area contributed by atoms with Gasteiger partial charge in [-0.3, -0.25) is 4.90 Å². The molecule has 2 aromatic rings. The highest BCUT2D eigenvalue weighted by Gasteiger charge is 2.22. The van der Waals surface area contributed by atoms with Crippen LogP contribution in [0.25, 0.3) is 0 Å². The van der Waals surface area contributed by atoms with Crippen LogP contribution in [0.4, 0.5) is 0 Å². The second kappa shape index (κ2) is 6.20. The van der Waals surface area contributed by atoms with Crippen molar-refractivity contribution < 1.29 is 4.74 Å². The summed E-state index contributed by atoms with van der Waals surface area (Å²) in [6.07, 6.45) is 4.28. The Morgan fingerprint density at radius 1 is 1.35 bits per heavy atom. The Kier molecular flexibility index (Phi) is 4.33. The predicted octanol–water partition coefficient (Wildman–Crippen LogP) is 3.26. The first-order valence-electron chi connectivity index (χ1n) is 6.92. The quantitative estimate of drug-likeness (QED) is 0.869. The Morgan fingerprint density at radius 3 is 2.75 bits per heavy atom. The number of ether oxygens (including phenoxy) is 1. The fourth-order valence-corrected chi connectivity index (χ4v) is 4.05. The van der Waals surface area contributed by atoms with Gasteiger partial charge in [0.1, 0.15) is 6.10 Å². The van der Waals surface area contributed by atoms with E-state index in [2.05, 4.69) is 28.7 Å². The molecule has 0 atom stereocenters. The van der Waals surface area contributed by atoms with Gasteiger partial charge in [0.25, 0.3) is 5.19 Å². The number of aryl methyl sites for hydroxylation is 2. The lowest BCUT2D eigenvalue weighted by Gasteiger charge is -2.31. The van der Waals surface area contributed by atoms with Crippen molar-refractivity contribution in [2.24, 2.45) is 0 Å². The number of thiazole rings is 2. The van der Waals surface area contributed by atoms with Gasteiger partial charge in [-0.25, -0.2) is 9.97 Å². The van der Waals surface area contributed by atoms with E-state index in [4.69, 9.17) is 4.74 Å². The van der Waals surface area contributed by atoms with E-state index in [-0.39, 0.29) is 0 Å². The maximum Gasteiger partial charge on any atom is 0.273 e. The van der Waals surface area contributed by atoms with Crippen molar-refractivity contribution in [3.05, 3.63) is 27.2 Å². The number of rotatable bonds is 4. The Labute approximate surface area is 127 Å². The standard InChI is InChI=1S/C14H19N3OS2/c1-10-13(20-11(2)16-10)9-17-6-3-12(4-7-17)18-14-15-5-8-19-14/h5,8,12H,3-4,6-7,9H2,1-2H3. The van der Waals surface area contributed by atoms with Crippen LogP contribution in [0.5, 0.6) is 5.19 Å². The van der Waals surface area contributed by atoms with Crippen LogP contribution in [-0.4, -0.2) is 34.1 Å². The SMILES string of the molecule is Cc1nc(C)c(CN2CCC(Oc3nccs3)CC2)s1. The van der Waals surface area contributed by atoms with Crippen LogP contribution in [0.2, 0.25) is 0 Å². The van der Waals surface area contributed by atoms with Crippen LogP contribution in [0.1, 0.15) is 28.4 Å². The number of aromatic nitrogens is 2. The van der Waals surface area contributed by atoms with E-state index in [0.717, 1.165) is 37.7 Å². The third-order valence-corrected chi connectivity index (χ3v) is 5.30. The van der Waals surface area contributed by atoms with Crippen molar-refractivity contribution in [2.75, 3.05) is 13.1 Å². The molecule has 3 rings (SSSR count). The molecular formula is C14H19N3OS2. The molecule has 0 spiro atoms. The van der Waals surface area contributed by atoms with Gasteiger partial charge in [0.15, 0.2) is 0 Å². The van der Waals surface area contributed by atoms with E-state index < -0.39 is 0 Å². The van der Waals surface area contributed by atoms with Gasteiger partial charge in [0, 0.05) is 36.1 Å². The van der Waals surface area contributed by atoms with Crippen LogP contribution in [0, 0.1) is 13.8 Å². The van der Waals surface area contributed by atoms with Gasteiger partial charge < -0.3 is 4.74 Å². The summed E-state index contributed by atoms with van der Waals surface area (Å²) in [6.45, 7) is 7.40. The van der Waals surface area contributed by atoms with Crippen molar-refractivity contribution in [1.29, 1.82) is 0 Å². The van der Waals surface area contributed by atoms with E-state index in [9.17, 15) is 0 Å². The summed E-state index contributed by atoms with van der Waals surface area (Å²) in [4.78, 5) is 12.6. The Morgan fingerprint density at radius 2 is 2.15 bits per heavy atom. The molecule has 0 radical (unpaired) electrons. The van der Waals surface area contributed by atoms with Crippen molar-refractivity contribution in [3.8, 4) is 5.19 Å². The molecule has 0 aliphatic carbocycles. The molecule has 0 amide bonds. The zero-order valence-electron chi connectivity index (χ0n) is 11.8. The highest BCUT2D eigenvalue weighted by Crippen LogP contribution is 2.24. The van der Waals surface area contributed by atoms with Gasteiger partial charge in [-0.05, 0) is 26.7 Å². The summed E-state index contributed by atoms with van der Waals surface area (Å²) >= 11 is 3.39. The Hall–Kier alpha value is -0.980. The minimum Gasteiger partial charge on any atom is -0.467 e. The molecular weight excluding hydrogens is 290 g/mol. The second-order valence-corrected chi connectivity index (χ2v) is 7.28. The average Bonchev–Trinajstić information content (AvgIpc) is 3.03. The van der Waals surface area contributed by atoms with Crippen LogP contribution >= 0.6 is 22.7 Å². The highest BCUT2D eigenvalue weighted by atomic mass is 32.1. The molecule has 0 aromatic carbocycles. The molecule has 0 saturated carbocycles. The molecule has 1 saturated heterocycles. The third kappa shape index (κ3) is 3.37. The van der Waals surface area contributed by atoms with E-state index in [1.165, 1.54) is 15.6 Å². The van der Waals surface area contributed by atoms with Crippen LogP contribution in [0.15, 0.2) is 11.6 Å². The molecule has 4 nitrogen and oxygen atoms in total. The predicted molar refractivity (Wildman–Crippen MR) is 82.6 cm³/mol. The molecule has 0 unspecified atom stereocenters. The minimum atomic E-state index is 0.321. The van der Waals surface area contributed by atoms with Crippen molar-refractivity contribution in [1.82, 2.24) is 14.9 Å². The summed E-state index contributed by atoms with van der Waals surface area (Å²) in [5.74, 6) is 0. The maximum absolute atomic E-state index is 5.89. The number of likely N-dealkylation sites (tertiary alicyclic amines) is 1. The lowest BCUT2D eigenvalue weighted by atomic mass is 10.1. The monoisotopic (exact) mass is 309 g/mol. The number of nitrogens with zero attached hydrogens (tertiary/aromatic N) is 3. The smallest absolute Gasteiger partial charge is 0.273 e. The average molecular weight is 309 g/mol. The second-order valence-electron chi connectivity index (χ2n) is 5.13. The molecule has 0 N–H and O–H groups in total. The lowest BCUT2D eigenvalue weighted by Crippen LogP contribution is -2.37. The first-order valence-corrected chi connectivity index (χ1v) is 8.62. The van der Waals surface area contributed by atoms with Gasteiger partial charge in [-0.15, -0.1) is 11.3 Å². The molecule has 108 valence electrons. The lowest BCUT2D eigenvalue weighted by molar-refractivity contribution is 0.0970. The van der Waals surface area contributed by atoms with E-state index >= 15 is 0 Å². The van der Waals surface area contributed by atoms with Crippen LogP contribution < -0.4 is 4.74 Å². The first kappa shape index (κ1) is 14.0. The first-order chi connectivity index (χ1) is 9.70. The fraction of sp³-hybridized carbons (Fsp3) is 0.571. The summed E-state index contributed by atoms with van der Waals surface area (Å²) in [5, 5.41) is 3.93. The van der Waals surface area contributed by atoms with Crippen molar-refractivity contribution in [2.45, 2.75) is 39.3 Å². The molecule has 6 heteroatoms. The molecule has 0 bridgehead atoms. The largest absolute Gasteiger partial charge is 0.467 e. The van der Waals surface area contributed by atoms with Gasteiger partial charge in [-0.1, -0.05) is 11.3 Å². The zero-order valence-corrected chi connectivity index (χ0v) is 13.5. The summed E-state index contributed by atoms with van der Waals surface area (Å²) < 4.78 is 5.89. The van der Waals surface area contributed by atoms with Crippen LogP contribution in [0.3, 0.4) is 0 Å². The van der Waals surface area contributed by atoms with E-state index in [1.807, 2.05) is 16.7 Å². The number of hydrogen-bond acceptors (Lipinski definition) is 6. The van der Waals surface area contributed by atoms with Gasteiger partial charge in [0.2, 0.25) is 0 Å². The Bertz CT molecular complexity index is 545. The fourth-order valence-electron chi connectivity index (χ4n) is 2.52. The third-order valence-electron chi connectivity index (χ3n) is 3.58. The normalized spacial score (nSPS) is 17.5. The van der Waals surface area contributed by atoms with E-state index in [1.54, 1.807) is 17.5 Å². The maximum atomic E-state index is 5.89. The molecule has 2 aromatic heterocycles. The molecule has 1 aliphatic heterocycles.